The van der Waals surface area contributed by atoms with Crippen LogP contribution in [0.15, 0.2) is 42.5 Å². The predicted octanol–water partition coefficient (Wildman–Crippen LogP) is 2.43. The first kappa shape index (κ1) is 19.6. The molecule has 0 atom stereocenters. The Hall–Kier alpha value is -3.13. The van der Waals surface area contributed by atoms with Crippen molar-refractivity contribution in [2.24, 2.45) is 0 Å². The van der Waals surface area contributed by atoms with Crippen molar-refractivity contribution in [2.45, 2.75) is 6.54 Å². The van der Waals surface area contributed by atoms with Crippen LogP contribution < -0.4 is 15.1 Å². The van der Waals surface area contributed by atoms with E-state index in [1.807, 2.05) is 48.2 Å². The van der Waals surface area contributed by atoms with Crippen LogP contribution in [0.4, 0.5) is 17.1 Å². The highest BCUT2D eigenvalue weighted by Crippen LogP contribution is 2.30. The van der Waals surface area contributed by atoms with Crippen molar-refractivity contribution in [3.8, 4) is 0 Å². The summed E-state index contributed by atoms with van der Waals surface area (Å²) in [4.78, 5) is 27.5. The molecule has 1 N–H and O–H groups in total. The summed E-state index contributed by atoms with van der Waals surface area (Å²) in [7, 11) is 3.93. The number of nitrogens with one attached hydrogen (secondary N) is 1. The highest BCUT2D eigenvalue weighted by Gasteiger charge is 2.23. The van der Waals surface area contributed by atoms with Crippen LogP contribution in [0.25, 0.3) is 0 Å². The number of hydrogen-bond acceptors (Lipinski definition) is 6. The lowest BCUT2D eigenvalue weighted by Crippen LogP contribution is -2.36. The molecule has 8 nitrogen and oxygen atoms in total. The number of rotatable bonds is 6. The van der Waals surface area contributed by atoms with E-state index < -0.39 is 4.92 Å². The van der Waals surface area contributed by atoms with E-state index in [2.05, 4.69) is 5.32 Å². The van der Waals surface area contributed by atoms with E-state index in [-0.39, 0.29) is 17.2 Å². The first-order chi connectivity index (χ1) is 13.5. The third-order valence-electron chi connectivity index (χ3n) is 4.69. The topological polar surface area (TPSA) is 88.0 Å². The van der Waals surface area contributed by atoms with Crippen molar-refractivity contribution < 1.29 is 14.5 Å². The van der Waals surface area contributed by atoms with Crippen molar-refractivity contribution >= 4 is 23.0 Å². The van der Waals surface area contributed by atoms with Gasteiger partial charge in [-0.3, -0.25) is 14.9 Å². The fourth-order valence-electron chi connectivity index (χ4n) is 3.08. The van der Waals surface area contributed by atoms with Gasteiger partial charge in [-0.25, -0.2) is 0 Å². The second-order valence-corrected chi connectivity index (χ2v) is 6.80. The number of nitrogens with zero attached hydrogens (tertiary/aromatic N) is 3. The van der Waals surface area contributed by atoms with Gasteiger partial charge < -0.3 is 19.9 Å². The summed E-state index contributed by atoms with van der Waals surface area (Å²) in [6.07, 6.45) is 0. The summed E-state index contributed by atoms with van der Waals surface area (Å²) < 4.78 is 5.30. The van der Waals surface area contributed by atoms with Crippen LogP contribution in [0.3, 0.4) is 0 Å². The highest BCUT2D eigenvalue weighted by atomic mass is 16.6. The number of ether oxygens (including phenoxy) is 1. The molecule has 3 rings (SSSR count). The molecule has 2 aromatic rings. The van der Waals surface area contributed by atoms with Crippen molar-refractivity contribution in [2.75, 3.05) is 50.2 Å². The minimum atomic E-state index is -0.443. The number of carbonyl (C=O) groups is 1. The second-order valence-electron chi connectivity index (χ2n) is 6.80. The molecule has 0 spiro atoms. The normalized spacial score (nSPS) is 13.9. The molecular formula is C20H24N4O4. The quantitative estimate of drug-likeness (QED) is 0.608. The van der Waals surface area contributed by atoms with Gasteiger partial charge in [0.2, 0.25) is 0 Å². The molecular weight excluding hydrogens is 360 g/mol. The smallest absolute Gasteiger partial charge is 0.293 e. The fourth-order valence-corrected chi connectivity index (χ4v) is 3.08. The number of anilines is 2. The molecule has 148 valence electrons. The first-order valence-corrected chi connectivity index (χ1v) is 9.11. The highest BCUT2D eigenvalue weighted by molar-refractivity contribution is 5.95. The summed E-state index contributed by atoms with van der Waals surface area (Å²) in [6.45, 7) is 2.61. The van der Waals surface area contributed by atoms with Gasteiger partial charge >= 0.3 is 0 Å². The lowest BCUT2D eigenvalue weighted by atomic mass is 10.1. The largest absolute Gasteiger partial charge is 0.378 e. The van der Waals surface area contributed by atoms with Gasteiger partial charge in [-0.05, 0) is 29.8 Å². The number of nitro benzene ring substituents is 1. The summed E-state index contributed by atoms with van der Waals surface area (Å²) in [5, 5.41) is 14.3. The van der Waals surface area contributed by atoms with Crippen LogP contribution in [-0.4, -0.2) is 51.2 Å². The fraction of sp³-hybridized carbons (Fsp3) is 0.350. The third-order valence-corrected chi connectivity index (χ3v) is 4.69. The standard InChI is InChI=1S/C20H24N4O4/c1-22(2)17-6-3-15(4-7-17)14-21-20(25)16-5-8-18(19(13-16)24(26)27)23-9-11-28-12-10-23/h3-8,13H,9-12,14H2,1-2H3,(H,21,25). The van der Waals surface area contributed by atoms with Gasteiger partial charge in [0.05, 0.1) is 18.1 Å². The molecule has 1 saturated heterocycles. The van der Waals surface area contributed by atoms with Gasteiger partial charge in [0.15, 0.2) is 0 Å². The molecule has 1 heterocycles. The molecule has 0 saturated carbocycles. The van der Waals surface area contributed by atoms with Crippen molar-refractivity contribution in [3.63, 3.8) is 0 Å². The van der Waals surface area contributed by atoms with Crippen LogP contribution in [0.5, 0.6) is 0 Å². The summed E-state index contributed by atoms with van der Waals surface area (Å²) >= 11 is 0. The van der Waals surface area contributed by atoms with Gasteiger partial charge in [-0.2, -0.15) is 0 Å². The molecule has 0 radical (unpaired) electrons. The van der Waals surface area contributed by atoms with E-state index in [0.29, 0.717) is 38.5 Å². The molecule has 8 heteroatoms. The van der Waals surface area contributed by atoms with E-state index >= 15 is 0 Å². The van der Waals surface area contributed by atoms with E-state index in [0.717, 1.165) is 11.3 Å². The molecule has 0 bridgehead atoms. The monoisotopic (exact) mass is 384 g/mol. The van der Waals surface area contributed by atoms with Crippen LogP contribution in [0.2, 0.25) is 0 Å². The molecule has 0 aromatic heterocycles. The van der Waals surface area contributed by atoms with Crippen molar-refractivity contribution in [1.29, 1.82) is 0 Å². The molecule has 0 aliphatic carbocycles. The minimum absolute atomic E-state index is 0.0649. The Kier molecular flexibility index (Phi) is 6.10. The van der Waals surface area contributed by atoms with Gasteiger partial charge in [-0.15, -0.1) is 0 Å². The Morgan fingerprint density at radius 2 is 1.86 bits per heavy atom. The Bertz CT molecular complexity index is 846. The third kappa shape index (κ3) is 4.58. The second kappa shape index (κ2) is 8.71. The van der Waals surface area contributed by atoms with Crippen LogP contribution >= 0.6 is 0 Å². The number of nitro groups is 1. The summed E-state index contributed by atoms with van der Waals surface area (Å²) in [5.74, 6) is -0.340. The van der Waals surface area contributed by atoms with E-state index in [1.54, 1.807) is 12.1 Å². The van der Waals surface area contributed by atoms with Gasteiger partial charge in [-0.1, -0.05) is 12.1 Å². The lowest BCUT2D eigenvalue weighted by molar-refractivity contribution is -0.384. The number of benzene rings is 2. The van der Waals surface area contributed by atoms with E-state index in [9.17, 15) is 14.9 Å². The van der Waals surface area contributed by atoms with Gasteiger partial charge in [0.1, 0.15) is 5.69 Å². The number of carbonyl (C=O) groups excluding carboxylic acids is 1. The van der Waals surface area contributed by atoms with Crippen molar-refractivity contribution in [3.05, 3.63) is 63.7 Å². The Balaban J connectivity index is 1.70. The van der Waals surface area contributed by atoms with E-state index in [1.165, 1.54) is 6.07 Å². The molecule has 0 unspecified atom stereocenters. The minimum Gasteiger partial charge on any atom is -0.378 e. The first-order valence-electron chi connectivity index (χ1n) is 9.11. The van der Waals surface area contributed by atoms with Gasteiger partial charge in [0, 0.05) is 51.0 Å². The van der Waals surface area contributed by atoms with Crippen molar-refractivity contribution in [1.82, 2.24) is 5.32 Å². The SMILES string of the molecule is CN(C)c1ccc(CNC(=O)c2ccc(N3CCOCC3)c([N+](=O)[O-])c2)cc1. The molecule has 2 aromatic carbocycles. The zero-order chi connectivity index (χ0) is 20.1. The summed E-state index contributed by atoms with van der Waals surface area (Å²) in [6, 6.07) is 12.5. The molecule has 1 amide bonds. The zero-order valence-corrected chi connectivity index (χ0v) is 16.1. The maximum atomic E-state index is 12.5. The maximum Gasteiger partial charge on any atom is 0.293 e. The number of morpholine rings is 1. The van der Waals surface area contributed by atoms with Crippen LogP contribution in [-0.2, 0) is 11.3 Å². The Morgan fingerprint density at radius 3 is 2.46 bits per heavy atom. The average molecular weight is 384 g/mol. The summed E-state index contributed by atoms with van der Waals surface area (Å²) in [5.41, 5.74) is 2.76. The number of hydrogen-bond donors (Lipinski definition) is 1. The van der Waals surface area contributed by atoms with Gasteiger partial charge in [0.25, 0.3) is 11.6 Å². The van der Waals surface area contributed by atoms with Crippen LogP contribution in [0, 0.1) is 10.1 Å². The zero-order valence-electron chi connectivity index (χ0n) is 16.1. The molecule has 28 heavy (non-hydrogen) atoms. The lowest BCUT2D eigenvalue weighted by Gasteiger charge is -2.28. The molecule has 1 aliphatic rings. The predicted molar refractivity (Wildman–Crippen MR) is 108 cm³/mol. The molecule has 1 aliphatic heterocycles. The van der Waals surface area contributed by atoms with Crippen LogP contribution in [0.1, 0.15) is 15.9 Å². The average Bonchev–Trinajstić information content (AvgIpc) is 2.72. The molecule has 1 fully saturated rings. The Morgan fingerprint density at radius 1 is 1.18 bits per heavy atom. The maximum absolute atomic E-state index is 12.5. The number of amides is 1. The van der Waals surface area contributed by atoms with E-state index in [4.69, 9.17) is 4.74 Å². The Labute approximate surface area is 163 Å².